The van der Waals surface area contributed by atoms with Gasteiger partial charge in [0.05, 0.1) is 0 Å². The molecule has 1 heterocycles. The summed E-state index contributed by atoms with van der Waals surface area (Å²) in [5.41, 5.74) is 1.53. The van der Waals surface area contributed by atoms with Crippen LogP contribution >= 0.6 is 0 Å². The summed E-state index contributed by atoms with van der Waals surface area (Å²) in [4.78, 5) is 2.52. The van der Waals surface area contributed by atoms with E-state index in [0.29, 0.717) is 6.04 Å². The summed E-state index contributed by atoms with van der Waals surface area (Å²) < 4.78 is 0. The second-order valence-corrected chi connectivity index (χ2v) is 4.50. The second kappa shape index (κ2) is 6.71. The SMILES string of the molecule is CCCCC1C(C)=CC=CN1CCCC. The first-order chi connectivity index (χ1) is 7.29. The van der Waals surface area contributed by atoms with Gasteiger partial charge in [-0.15, -0.1) is 0 Å². The van der Waals surface area contributed by atoms with Crippen LogP contribution in [0.15, 0.2) is 23.9 Å². The highest BCUT2D eigenvalue weighted by atomic mass is 15.1. The van der Waals surface area contributed by atoms with E-state index in [9.17, 15) is 0 Å². The highest BCUT2D eigenvalue weighted by molar-refractivity contribution is 5.21. The molecule has 0 spiro atoms. The smallest absolute Gasteiger partial charge is 0.0497 e. The molecule has 0 saturated carbocycles. The molecule has 0 amide bonds. The summed E-state index contributed by atoms with van der Waals surface area (Å²) >= 11 is 0. The average Bonchev–Trinajstić information content (AvgIpc) is 2.25. The van der Waals surface area contributed by atoms with Crippen molar-refractivity contribution in [1.29, 1.82) is 0 Å². The molecule has 0 aromatic heterocycles. The Hall–Kier alpha value is -0.720. The highest BCUT2D eigenvalue weighted by Gasteiger charge is 2.17. The molecule has 0 fully saturated rings. The van der Waals surface area contributed by atoms with E-state index in [4.69, 9.17) is 0 Å². The first-order valence-corrected chi connectivity index (χ1v) is 6.40. The number of unbranched alkanes of at least 4 members (excludes halogenated alkanes) is 2. The maximum Gasteiger partial charge on any atom is 0.0497 e. The summed E-state index contributed by atoms with van der Waals surface area (Å²) in [6.45, 7) is 8.01. The Morgan fingerprint density at radius 3 is 2.60 bits per heavy atom. The third-order valence-electron chi connectivity index (χ3n) is 3.16. The molecule has 0 saturated heterocycles. The summed E-state index contributed by atoms with van der Waals surface area (Å²) in [6.07, 6.45) is 13.3. The zero-order valence-electron chi connectivity index (χ0n) is 10.5. The Morgan fingerprint density at radius 1 is 1.20 bits per heavy atom. The van der Waals surface area contributed by atoms with Crippen molar-refractivity contribution in [2.75, 3.05) is 6.54 Å². The Balaban J connectivity index is 2.51. The molecule has 0 aromatic carbocycles. The van der Waals surface area contributed by atoms with Gasteiger partial charge in [0.2, 0.25) is 0 Å². The standard InChI is InChI=1S/C14H25N/c1-4-6-10-14-13(3)9-8-12-15(14)11-7-5-2/h8-9,12,14H,4-7,10-11H2,1-3H3. The lowest BCUT2D eigenvalue weighted by Crippen LogP contribution is -2.34. The fraction of sp³-hybridized carbons (Fsp3) is 0.714. The van der Waals surface area contributed by atoms with Gasteiger partial charge in [0.25, 0.3) is 0 Å². The van der Waals surface area contributed by atoms with Crippen molar-refractivity contribution in [3.8, 4) is 0 Å². The van der Waals surface area contributed by atoms with Crippen molar-refractivity contribution in [3.05, 3.63) is 23.9 Å². The molecular weight excluding hydrogens is 182 g/mol. The fourth-order valence-electron chi connectivity index (χ4n) is 2.14. The molecule has 0 aliphatic carbocycles. The van der Waals surface area contributed by atoms with Crippen LogP contribution < -0.4 is 0 Å². The van der Waals surface area contributed by atoms with Crippen LogP contribution in [0.2, 0.25) is 0 Å². The van der Waals surface area contributed by atoms with Crippen molar-refractivity contribution >= 4 is 0 Å². The Labute approximate surface area is 94.9 Å². The van der Waals surface area contributed by atoms with Crippen molar-refractivity contribution < 1.29 is 0 Å². The average molecular weight is 207 g/mol. The second-order valence-electron chi connectivity index (χ2n) is 4.50. The number of nitrogens with zero attached hydrogens (tertiary/aromatic N) is 1. The van der Waals surface area contributed by atoms with Crippen LogP contribution in [0.3, 0.4) is 0 Å². The molecule has 1 aliphatic heterocycles. The first-order valence-electron chi connectivity index (χ1n) is 6.40. The van der Waals surface area contributed by atoms with E-state index in [0.717, 1.165) is 0 Å². The van der Waals surface area contributed by atoms with Crippen LogP contribution in [-0.4, -0.2) is 17.5 Å². The molecule has 15 heavy (non-hydrogen) atoms. The lowest BCUT2D eigenvalue weighted by molar-refractivity contribution is 0.281. The lowest BCUT2D eigenvalue weighted by atomic mass is 9.98. The quantitative estimate of drug-likeness (QED) is 0.633. The fourth-order valence-corrected chi connectivity index (χ4v) is 2.14. The van der Waals surface area contributed by atoms with Gasteiger partial charge >= 0.3 is 0 Å². The van der Waals surface area contributed by atoms with Crippen LogP contribution in [-0.2, 0) is 0 Å². The number of rotatable bonds is 6. The maximum atomic E-state index is 2.52. The van der Waals surface area contributed by atoms with E-state index in [1.54, 1.807) is 0 Å². The molecule has 1 nitrogen and oxygen atoms in total. The van der Waals surface area contributed by atoms with Crippen LogP contribution in [0.4, 0.5) is 0 Å². The van der Waals surface area contributed by atoms with Crippen molar-refractivity contribution in [3.63, 3.8) is 0 Å². The van der Waals surface area contributed by atoms with Gasteiger partial charge in [-0.25, -0.2) is 0 Å². The summed E-state index contributed by atoms with van der Waals surface area (Å²) in [6, 6.07) is 0.668. The zero-order chi connectivity index (χ0) is 11.1. The summed E-state index contributed by atoms with van der Waals surface area (Å²) in [5.74, 6) is 0. The molecule has 0 N–H and O–H groups in total. The van der Waals surface area contributed by atoms with Crippen LogP contribution in [0, 0.1) is 0 Å². The number of allylic oxidation sites excluding steroid dienone is 2. The van der Waals surface area contributed by atoms with Crippen molar-refractivity contribution in [2.24, 2.45) is 0 Å². The minimum atomic E-state index is 0.668. The predicted molar refractivity (Wildman–Crippen MR) is 67.8 cm³/mol. The van der Waals surface area contributed by atoms with Gasteiger partial charge < -0.3 is 4.90 Å². The lowest BCUT2D eigenvalue weighted by Gasteiger charge is -2.33. The minimum absolute atomic E-state index is 0.668. The van der Waals surface area contributed by atoms with Gasteiger partial charge in [0.15, 0.2) is 0 Å². The van der Waals surface area contributed by atoms with E-state index in [1.807, 2.05) is 0 Å². The van der Waals surface area contributed by atoms with E-state index >= 15 is 0 Å². The normalized spacial score (nSPS) is 20.6. The van der Waals surface area contributed by atoms with Gasteiger partial charge in [-0.1, -0.05) is 44.8 Å². The molecule has 0 radical (unpaired) electrons. The Morgan fingerprint density at radius 2 is 1.93 bits per heavy atom. The zero-order valence-corrected chi connectivity index (χ0v) is 10.5. The van der Waals surface area contributed by atoms with E-state index in [2.05, 4.69) is 44.0 Å². The van der Waals surface area contributed by atoms with Crippen LogP contribution in [0.25, 0.3) is 0 Å². The van der Waals surface area contributed by atoms with Gasteiger partial charge in [-0.3, -0.25) is 0 Å². The molecule has 1 aliphatic rings. The molecule has 0 aromatic rings. The third kappa shape index (κ3) is 3.73. The molecule has 1 atom stereocenters. The van der Waals surface area contributed by atoms with Crippen LogP contribution in [0.1, 0.15) is 52.9 Å². The summed E-state index contributed by atoms with van der Waals surface area (Å²) in [5, 5.41) is 0. The molecule has 86 valence electrons. The Bertz CT molecular complexity index is 227. The Kier molecular flexibility index (Phi) is 5.52. The monoisotopic (exact) mass is 207 g/mol. The van der Waals surface area contributed by atoms with E-state index in [-0.39, 0.29) is 0 Å². The van der Waals surface area contributed by atoms with Gasteiger partial charge in [0, 0.05) is 12.6 Å². The molecule has 1 unspecified atom stereocenters. The maximum absolute atomic E-state index is 2.52. The van der Waals surface area contributed by atoms with Crippen molar-refractivity contribution in [2.45, 2.75) is 58.9 Å². The third-order valence-corrected chi connectivity index (χ3v) is 3.16. The van der Waals surface area contributed by atoms with Crippen molar-refractivity contribution in [1.82, 2.24) is 4.90 Å². The highest BCUT2D eigenvalue weighted by Crippen LogP contribution is 2.21. The molecular formula is C14H25N. The minimum Gasteiger partial charge on any atom is -0.371 e. The van der Waals surface area contributed by atoms with Crippen LogP contribution in [0.5, 0.6) is 0 Å². The number of hydrogen-bond acceptors (Lipinski definition) is 1. The van der Waals surface area contributed by atoms with Gasteiger partial charge in [-0.05, 0) is 32.0 Å². The van der Waals surface area contributed by atoms with E-state index in [1.165, 1.54) is 44.2 Å². The first kappa shape index (κ1) is 12.4. The largest absolute Gasteiger partial charge is 0.371 e. The molecule has 1 heteroatoms. The summed E-state index contributed by atoms with van der Waals surface area (Å²) in [7, 11) is 0. The van der Waals surface area contributed by atoms with Gasteiger partial charge in [0.1, 0.15) is 0 Å². The van der Waals surface area contributed by atoms with Gasteiger partial charge in [-0.2, -0.15) is 0 Å². The topological polar surface area (TPSA) is 3.24 Å². The molecule has 1 rings (SSSR count). The molecule has 0 bridgehead atoms. The van der Waals surface area contributed by atoms with E-state index < -0.39 is 0 Å². The predicted octanol–water partition coefficient (Wildman–Crippen LogP) is 4.12. The number of hydrogen-bond donors (Lipinski definition) is 0.